The molecule has 242 valence electrons. The lowest BCUT2D eigenvalue weighted by Crippen LogP contribution is -2.46. The number of anilines is 1. The van der Waals surface area contributed by atoms with Crippen molar-refractivity contribution in [3.8, 4) is 12.3 Å². The summed E-state index contributed by atoms with van der Waals surface area (Å²) >= 11 is 0. The fraction of sp³-hybridized carbons (Fsp3) is 0.412. The number of nitrogens with one attached hydrogen (secondary N) is 2. The molecule has 46 heavy (non-hydrogen) atoms. The first-order valence-corrected chi connectivity index (χ1v) is 15.1. The minimum Gasteiger partial charge on any atom is -0.480 e. The van der Waals surface area contributed by atoms with E-state index >= 15 is 0 Å². The van der Waals surface area contributed by atoms with E-state index in [9.17, 15) is 29.1 Å². The second-order valence-electron chi connectivity index (χ2n) is 12.3. The standard InChI is InChI=1S/C34H39N5O7/c1-6-17-38(20-22-9-14-26-25(19-22)31(42)36-21(2)35-26)24-12-10-23(11-13-24)30(41)37-27(33(45)46-34(3,4)5)15-16-29(40)39-18-7-8-28(39)32(43)44/h1,9-14,19,27-28H,7-8,15-18,20H2,2-5H3,(H,37,41)(H,43,44)(H,35,36,42)/t27-,28-/m0/s1. The average Bonchev–Trinajstić information content (AvgIpc) is 3.49. The molecule has 0 radical (unpaired) electrons. The van der Waals surface area contributed by atoms with Gasteiger partial charge in [-0.15, -0.1) is 6.42 Å². The van der Waals surface area contributed by atoms with E-state index in [1.807, 2.05) is 11.0 Å². The lowest BCUT2D eigenvalue weighted by molar-refractivity contribution is -0.157. The van der Waals surface area contributed by atoms with Crippen LogP contribution in [0.25, 0.3) is 10.9 Å². The van der Waals surface area contributed by atoms with Crippen LogP contribution in [-0.2, 0) is 25.7 Å². The third-order valence-electron chi connectivity index (χ3n) is 7.54. The summed E-state index contributed by atoms with van der Waals surface area (Å²) in [7, 11) is 0. The number of esters is 1. The zero-order valence-electron chi connectivity index (χ0n) is 26.5. The highest BCUT2D eigenvalue weighted by Gasteiger charge is 2.35. The van der Waals surface area contributed by atoms with Gasteiger partial charge in [0.25, 0.3) is 11.5 Å². The SMILES string of the molecule is C#CCN(Cc1ccc2nc(C)[nH]c(=O)c2c1)c1ccc(C(=O)N[C@@H](CCC(=O)N2CCC[C@H]2C(=O)O)C(=O)OC(C)(C)C)cc1. The molecule has 2 atom stereocenters. The quantitative estimate of drug-likeness (QED) is 0.214. The van der Waals surface area contributed by atoms with Gasteiger partial charge in [-0.25, -0.2) is 14.6 Å². The maximum atomic E-state index is 13.3. The number of likely N-dealkylation sites (tertiary alicyclic amines) is 1. The first-order chi connectivity index (χ1) is 21.8. The van der Waals surface area contributed by atoms with Crippen molar-refractivity contribution in [3.63, 3.8) is 0 Å². The Morgan fingerprint density at radius 1 is 1.20 bits per heavy atom. The smallest absolute Gasteiger partial charge is 0.329 e. The van der Waals surface area contributed by atoms with Crippen molar-refractivity contribution in [2.75, 3.05) is 18.0 Å². The minimum atomic E-state index is -1.13. The Labute approximate surface area is 267 Å². The number of benzene rings is 2. The maximum Gasteiger partial charge on any atom is 0.329 e. The number of H-pyrrole nitrogens is 1. The monoisotopic (exact) mass is 629 g/mol. The van der Waals surface area contributed by atoms with Gasteiger partial charge in [0.15, 0.2) is 0 Å². The zero-order chi connectivity index (χ0) is 33.6. The van der Waals surface area contributed by atoms with E-state index in [0.29, 0.717) is 42.7 Å². The van der Waals surface area contributed by atoms with E-state index in [1.54, 1.807) is 64.1 Å². The summed E-state index contributed by atoms with van der Waals surface area (Å²) < 4.78 is 5.50. The van der Waals surface area contributed by atoms with Gasteiger partial charge >= 0.3 is 11.9 Å². The molecule has 0 unspecified atom stereocenters. The van der Waals surface area contributed by atoms with E-state index in [1.165, 1.54) is 4.90 Å². The molecule has 0 saturated carbocycles. The van der Waals surface area contributed by atoms with Crippen LogP contribution in [0.4, 0.5) is 5.69 Å². The molecule has 3 N–H and O–H groups in total. The van der Waals surface area contributed by atoms with Crippen LogP contribution in [0.5, 0.6) is 0 Å². The Balaban J connectivity index is 1.47. The number of ether oxygens (including phenoxy) is 1. The van der Waals surface area contributed by atoms with E-state index < -0.39 is 41.4 Å². The highest BCUT2D eigenvalue weighted by atomic mass is 16.6. The first kappa shape index (κ1) is 33.7. The van der Waals surface area contributed by atoms with E-state index in [2.05, 4.69) is 21.2 Å². The normalized spacial score (nSPS) is 15.2. The molecule has 3 aromatic rings. The molecule has 0 aliphatic carbocycles. The second-order valence-corrected chi connectivity index (χ2v) is 12.3. The van der Waals surface area contributed by atoms with Crippen LogP contribution in [0.2, 0.25) is 0 Å². The van der Waals surface area contributed by atoms with Gasteiger partial charge in [-0.1, -0.05) is 12.0 Å². The Morgan fingerprint density at radius 3 is 2.57 bits per heavy atom. The molecular weight excluding hydrogens is 590 g/mol. The number of fused-ring (bicyclic) bond motifs is 1. The van der Waals surface area contributed by atoms with E-state index in [-0.39, 0.29) is 30.5 Å². The lowest BCUT2D eigenvalue weighted by Gasteiger charge is -2.26. The summed E-state index contributed by atoms with van der Waals surface area (Å²) in [6.07, 6.45) is 6.42. The molecule has 4 rings (SSSR count). The number of amides is 2. The molecule has 1 fully saturated rings. The molecule has 1 aliphatic rings. The van der Waals surface area contributed by atoms with Crippen molar-refractivity contribution in [1.29, 1.82) is 0 Å². The fourth-order valence-electron chi connectivity index (χ4n) is 5.39. The Hall–Kier alpha value is -5.18. The molecule has 2 amide bonds. The number of carbonyl (C=O) groups is 4. The third-order valence-corrected chi connectivity index (χ3v) is 7.54. The van der Waals surface area contributed by atoms with Crippen LogP contribution in [0.1, 0.15) is 68.2 Å². The molecule has 2 heterocycles. The number of rotatable bonds is 11. The van der Waals surface area contributed by atoms with Gasteiger partial charge in [-0.05, 0) is 88.9 Å². The average molecular weight is 630 g/mol. The fourth-order valence-corrected chi connectivity index (χ4v) is 5.39. The minimum absolute atomic E-state index is 0.0555. The summed E-state index contributed by atoms with van der Waals surface area (Å²) in [5, 5.41) is 12.6. The van der Waals surface area contributed by atoms with Crippen molar-refractivity contribution in [2.24, 2.45) is 0 Å². The summed E-state index contributed by atoms with van der Waals surface area (Å²) in [5.41, 5.74) is 1.39. The van der Waals surface area contributed by atoms with Gasteiger partial charge < -0.3 is 29.9 Å². The van der Waals surface area contributed by atoms with Crippen LogP contribution in [0, 0.1) is 19.3 Å². The van der Waals surface area contributed by atoms with Gasteiger partial charge in [-0.3, -0.25) is 14.4 Å². The van der Waals surface area contributed by atoms with Gasteiger partial charge in [0.05, 0.1) is 17.4 Å². The predicted octanol–water partition coefficient (Wildman–Crippen LogP) is 3.17. The number of nitrogens with zero attached hydrogens (tertiary/aromatic N) is 3. The number of carboxylic acid groups (broad SMARTS) is 1. The Kier molecular flexibility index (Phi) is 10.5. The molecular formula is C34H39N5O7. The van der Waals surface area contributed by atoms with Crippen molar-refractivity contribution in [1.82, 2.24) is 20.2 Å². The number of hydrogen-bond donors (Lipinski definition) is 3. The van der Waals surface area contributed by atoms with Gasteiger partial charge in [0, 0.05) is 30.8 Å². The summed E-state index contributed by atoms with van der Waals surface area (Å²) in [6.45, 7) is 7.81. The van der Waals surface area contributed by atoms with Crippen molar-refractivity contribution in [2.45, 2.75) is 77.6 Å². The number of terminal acetylenes is 1. The van der Waals surface area contributed by atoms with Crippen LogP contribution < -0.4 is 15.8 Å². The molecule has 1 aromatic heterocycles. The number of carbonyl (C=O) groups excluding carboxylic acids is 3. The molecule has 12 nitrogen and oxygen atoms in total. The Morgan fingerprint density at radius 2 is 1.91 bits per heavy atom. The highest BCUT2D eigenvalue weighted by molar-refractivity contribution is 5.97. The first-order valence-electron chi connectivity index (χ1n) is 15.1. The highest BCUT2D eigenvalue weighted by Crippen LogP contribution is 2.22. The zero-order valence-corrected chi connectivity index (χ0v) is 26.5. The topological polar surface area (TPSA) is 162 Å². The molecule has 12 heteroatoms. The van der Waals surface area contributed by atoms with Crippen LogP contribution in [-0.4, -0.2) is 74.5 Å². The van der Waals surface area contributed by atoms with Crippen LogP contribution in [0.3, 0.4) is 0 Å². The van der Waals surface area contributed by atoms with Crippen LogP contribution >= 0.6 is 0 Å². The maximum absolute atomic E-state index is 13.3. The van der Waals surface area contributed by atoms with Crippen molar-refractivity contribution < 1.29 is 29.0 Å². The van der Waals surface area contributed by atoms with Crippen molar-refractivity contribution in [3.05, 3.63) is 69.8 Å². The number of hydrogen-bond acceptors (Lipinski definition) is 8. The summed E-state index contributed by atoms with van der Waals surface area (Å²) in [5.74, 6) is 0.480. The van der Waals surface area contributed by atoms with Gasteiger partial charge in [0.2, 0.25) is 5.91 Å². The third kappa shape index (κ3) is 8.50. The number of carboxylic acids is 1. The molecule has 0 bridgehead atoms. The number of aromatic amines is 1. The van der Waals surface area contributed by atoms with E-state index in [0.717, 1.165) is 11.3 Å². The summed E-state index contributed by atoms with van der Waals surface area (Å²) in [6, 6.07) is 10.1. The van der Waals surface area contributed by atoms with Crippen molar-refractivity contribution >= 4 is 40.3 Å². The van der Waals surface area contributed by atoms with Crippen LogP contribution in [0.15, 0.2) is 47.3 Å². The van der Waals surface area contributed by atoms with Gasteiger partial charge in [0.1, 0.15) is 23.5 Å². The number of aliphatic carboxylic acids is 1. The molecule has 2 aromatic carbocycles. The number of aryl methyl sites for hydroxylation is 1. The molecule has 0 spiro atoms. The van der Waals surface area contributed by atoms with Gasteiger partial charge in [-0.2, -0.15) is 0 Å². The van der Waals surface area contributed by atoms with E-state index in [4.69, 9.17) is 11.2 Å². The largest absolute Gasteiger partial charge is 0.480 e. The second kappa shape index (κ2) is 14.3. The summed E-state index contributed by atoms with van der Waals surface area (Å²) in [4.78, 5) is 73.4. The lowest BCUT2D eigenvalue weighted by atomic mass is 10.1. The number of aromatic nitrogens is 2. The predicted molar refractivity (Wildman–Crippen MR) is 172 cm³/mol. The molecule has 1 aliphatic heterocycles. The Bertz CT molecular complexity index is 1720. The molecule has 1 saturated heterocycles.